The third kappa shape index (κ3) is 14.8. The molecule has 47 heavy (non-hydrogen) atoms. The van der Waals surface area contributed by atoms with E-state index >= 15 is 0 Å². The summed E-state index contributed by atoms with van der Waals surface area (Å²) in [4.78, 5) is 26.9. The maximum absolute atomic E-state index is 13.5. The lowest BCUT2D eigenvalue weighted by molar-refractivity contribution is -0.319. The van der Waals surface area contributed by atoms with Crippen molar-refractivity contribution < 1.29 is 63.3 Å². The highest BCUT2D eigenvalue weighted by atomic mass is 19.4. The van der Waals surface area contributed by atoms with Gasteiger partial charge in [0, 0.05) is 24.8 Å². The van der Waals surface area contributed by atoms with Gasteiger partial charge in [0.1, 0.15) is 6.10 Å². The molecular weight excluding hydrogens is 651 g/mol. The number of nitrogens with zero attached hydrogens (tertiary/aromatic N) is 2. The van der Waals surface area contributed by atoms with Gasteiger partial charge in [0.05, 0.1) is 23.8 Å². The summed E-state index contributed by atoms with van der Waals surface area (Å²) in [5.74, 6) is -0.141. The van der Waals surface area contributed by atoms with Crippen molar-refractivity contribution in [3.8, 4) is 0 Å². The van der Waals surface area contributed by atoms with Crippen LogP contribution in [0.1, 0.15) is 64.3 Å². The normalized spacial score (nSPS) is 14.4. The molecule has 7 nitrogen and oxygen atoms in total. The highest BCUT2D eigenvalue weighted by molar-refractivity contribution is 5.71. The van der Waals surface area contributed by atoms with Gasteiger partial charge in [-0.25, -0.2) is 4.79 Å². The Morgan fingerprint density at radius 2 is 1.43 bits per heavy atom. The average Bonchev–Trinajstić information content (AvgIpc) is 2.93. The molecule has 0 aliphatic carbocycles. The molecule has 0 saturated carbocycles. The zero-order valence-corrected chi connectivity index (χ0v) is 27.1. The highest BCUT2D eigenvalue weighted by Gasteiger charge is 2.39. The second-order valence-electron chi connectivity index (χ2n) is 10.7. The van der Waals surface area contributed by atoms with Gasteiger partial charge in [0.15, 0.2) is 0 Å². The number of likely N-dealkylation sites (N-methyl/N-ethyl adjacent to an activating group) is 1. The minimum Gasteiger partial charge on any atom is -0.458 e. The molecule has 0 heterocycles. The fraction of sp³-hybridized carbons (Fsp3) is 0.548. The average molecular weight is 693 g/mol. The standard InChI is InChI=1S/C29H37F9N2O5.C2H4/c1-8-24(40(14-17(2)3)26(42)45-18(4)5)20(9-10-44-29(36,37)38)15-39(7)19(6)25(43-16-41)21-11-22(27(30,31)32)13-23(12-21)28(33,34)35;1-2/h8-9,11-13,16-19,25H,10,14-15H2,1-7H3;1-2H2/b20-9-,24-8+;. The lowest BCUT2D eigenvalue weighted by atomic mass is 9.96. The summed E-state index contributed by atoms with van der Waals surface area (Å²) < 4.78 is 134. The largest absolute Gasteiger partial charge is 0.522 e. The van der Waals surface area contributed by atoms with Gasteiger partial charge in [-0.1, -0.05) is 26.0 Å². The van der Waals surface area contributed by atoms with Gasteiger partial charge in [-0.05, 0) is 70.0 Å². The number of ether oxygens (including phenoxy) is 3. The van der Waals surface area contributed by atoms with E-state index in [2.05, 4.69) is 17.9 Å². The maximum Gasteiger partial charge on any atom is 0.522 e. The molecule has 0 aliphatic heterocycles. The van der Waals surface area contributed by atoms with Crippen molar-refractivity contribution >= 4 is 12.6 Å². The predicted octanol–water partition coefficient (Wildman–Crippen LogP) is 8.93. The Morgan fingerprint density at radius 1 is 0.915 bits per heavy atom. The van der Waals surface area contributed by atoms with Crippen LogP contribution in [0.3, 0.4) is 0 Å². The Labute approximate surface area is 268 Å². The minimum absolute atomic E-state index is 0.0716. The Morgan fingerprint density at radius 3 is 1.81 bits per heavy atom. The summed E-state index contributed by atoms with van der Waals surface area (Å²) in [5, 5.41) is 0. The molecule has 268 valence electrons. The molecule has 0 aromatic heterocycles. The highest BCUT2D eigenvalue weighted by Crippen LogP contribution is 2.39. The molecule has 16 heteroatoms. The molecule has 1 aromatic carbocycles. The molecule has 1 aromatic rings. The first kappa shape index (κ1) is 43.5. The van der Waals surface area contributed by atoms with Gasteiger partial charge >= 0.3 is 24.8 Å². The number of allylic oxidation sites excluding steroid dienone is 1. The smallest absolute Gasteiger partial charge is 0.458 e. The van der Waals surface area contributed by atoms with E-state index in [4.69, 9.17) is 9.47 Å². The minimum atomic E-state index is -5.17. The predicted molar refractivity (Wildman–Crippen MR) is 157 cm³/mol. The molecule has 0 bridgehead atoms. The third-order valence-corrected chi connectivity index (χ3v) is 6.27. The van der Waals surface area contributed by atoms with Crippen molar-refractivity contribution in [2.75, 3.05) is 26.7 Å². The zero-order chi connectivity index (χ0) is 36.9. The Balaban J connectivity index is 0.0000104. The summed E-state index contributed by atoms with van der Waals surface area (Å²) in [5.41, 5.74) is -3.69. The number of hydrogen-bond donors (Lipinski definition) is 0. The topological polar surface area (TPSA) is 68.3 Å². The number of carbonyl (C=O) groups is 2. The second kappa shape index (κ2) is 18.7. The fourth-order valence-electron chi connectivity index (χ4n) is 4.22. The van der Waals surface area contributed by atoms with E-state index in [1.807, 2.05) is 0 Å². The number of alkyl halides is 9. The molecule has 2 atom stereocenters. The number of carbonyl (C=O) groups excluding carboxylic acids is 2. The summed E-state index contributed by atoms with van der Waals surface area (Å²) >= 11 is 0. The molecule has 1 amide bonds. The molecule has 0 spiro atoms. The van der Waals surface area contributed by atoms with Crippen molar-refractivity contribution in [2.24, 2.45) is 5.92 Å². The van der Waals surface area contributed by atoms with Crippen LogP contribution < -0.4 is 0 Å². The molecule has 0 N–H and O–H groups in total. The van der Waals surface area contributed by atoms with Gasteiger partial charge in [-0.3, -0.25) is 19.3 Å². The molecule has 1 rings (SSSR count). The molecule has 0 aliphatic rings. The monoisotopic (exact) mass is 692 g/mol. The van der Waals surface area contributed by atoms with E-state index in [0.717, 1.165) is 6.08 Å². The first-order valence-corrected chi connectivity index (χ1v) is 14.1. The lowest BCUT2D eigenvalue weighted by Crippen LogP contribution is -2.40. The van der Waals surface area contributed by atoms with Crippen LogP contribution in [0.5, 0.6) is 0 Å². The van der Waals surface area contributed by atoms with E-state index in [9.17, 15) is 49.1 Å². The zero-order valence-electron chi connectivity index (χ0n) is 27.1. The quantitative estimate of drug-likeness (QED) is 0.0840. The van der Waals surface area contributed by atoms with E-state index in [0.29, 0.717) is 12.1 Å². The molecule has 0 fully saturated rings. The molecule has 0 saturated heterocycles. The third-order valence-electron chi connectivity index (χ3n) is 6.27. The van der Waals surface area contributed by atoms with Crippen LogP contribution in [0.4, 0.5) is 44.3 Å². The van der Waals surface area contributed by atoms with Crippen LogP contribution in [0.25, 0.3) is 0 Å². The molecular formula is C31H41F9N2O5. The van der Waals surface area contributed by atoms with Crippen molar-refractivity contribution in [1.82, 2.24) is 9.80 Å². The van der Waals surface area contributed by atoms with E-state index < -0.39 is 66.4 Å². The Kier molecular flexibility index (Phi) is 17.3. The van der Waals surface area contributed by atoms with Crippen LogP contribution in [0.15, 0.2) is 54.8 Å². The summed E-state index contributed by atoms with van der Waals surface area (Å²) in [6.07, 6.45) is -15.9. The summed E-state index contributed by atoms with van der Waals surface area (Å²) in [7, 11) is 1.36. The van der Waals surface area contributed by atoms with Gasteiger partial charge in [0.25, 0.3) is 6.47 Å². The number of halogens is 9. The Bertz CT molecular complexity index is 1180. The number of rotatable bonds is 14. The SMILES string of the molecule is C/C=C(\C(=C/COC(F)(F)F)CN(C)C(C)C(OC=O)c1cc(C(F)(F)F)cc(C(F)(F)F)c1)N(CC(C)C)C(=O)OC(C)C.C=C. The number of benzene rings is 1. The number of hydrogen-bond acceptors (Lipinski definition) is 6. The lowest BCUT2D eigenvalue weighted by Gasteiger charge is -2.34. The maximum atomic E-state index is 13.5. The van der Waals surface area contributed by atoms with Crippen LogP contribution >= 0.6 is 0 Å². The summed E-state index contributed by atoms with van der Waals surface area (Å²) in [6, 6.07) is -0.378. The van der Waals surface area contributed by atoms with Crippen LogP contribution in [-0.4, -0.2) is 67.6 Å². The molecule has 2 unspecified atom stereocenters. The van der Waals surface area contributed by atoms with Gasteiger partial charge in [0.2, 0.25) is 0 Å². The van der Waals surface area contributed by atoms with Crippen molar-refractivity contribution in [3.63, 3.8) is 0 Å². The first-order valence-electron chi connectivity index (χ1n) is 14.1. The van der Waals surface area contributed by atoms with Crippen molar-refractivity contribution in [2.45, 2.75) is 78.5 Å². The van der Waals surface area contributed by atoms with E-state index in [1.54, 1.807) is 27.7 Å². The van der Waals surface area contributed by atoms with E-state index in [-0.39, 0.29) is 42.8 Å². The fourth-order valence-corrected chi connectivity index (χ4v) is 4.22. The summed E-state index contributed by atoms with van der Waals surface area (Å²) in [6.45, 7) is 14.2. The van der Waals surface area contributed by atoms with Gasteiger partial charge < -0.3 is 9.47 Å². The Hall–Kier alpha value is -3.53. The van der Waals surface area contributed by atoms with Crippen LogP contribution in [-0.2, 0) is 31.4 Å². The van der Waals surface area contributed by atoms with Crippen LogP contribution in [0.2, 0.25) is 0 Å². The van der Waals surface area contributed by atoms with E-state index in [1.165, 1.54) is 36.8 Å². The number of amides is 1. The molecule has 0 radical (unpaired) electrons. The first-order chi connectivity index (χ1) is 21.5. The second-order valence-corrected chi connectivity index (χ2v) is 10.7. The van der Waals surface area contributed by atoms with Crippen LogP contribution in [0, 0.1) is 5.92 Å². The van der Waals surface area contributed by atoms with Crippen molar-refractivity contribution in [3.05, 3.63) is 71.5 Å². The van der Waals surface area contributed by atoms with Gasteiger partial charge in [-0.15, -0.1) is 26.3 Å². The van der Waals surface area contributed by atoms with Gasteiger partial charge in [-0.2, -0.15) is 26.3 Å². The van der Waals surface area contributed by atoms with Crippen molar-refractivity contribution in [1.29, 1.82) is 0 Å².